The van der Waals surface area contributed by atoms with Gasteiger partial charge in [-0.25, -0.2) is 0 Å². The van der Waals surface area contributed by atoms with Crippen LogP contribution >= 0.6 is 0 Å². The molecule has 1 rings (SSSR count). The number of nitrogens with one attached hydrogen (secondary N) is 1. The van der Waals surface area contributed by atoms with E-state index in [2.05, 4.69) is 31.3 Å². The number of ether oxygens (including phenoxy) is 1. The summed E-state index contributed by atoms with van der Waals surface area (Å²) in [6.07, 6.45) is 0.882. The second-order valence-electron chi connectivity index (χ2n) is 4.63. The summed E-state index contributed by atoms with van der Waals surface area (Å²) in [7, 11) is 1.70. The molecule has 0 fully saturated rings. The number of hydrogen-bond acceptors (Lipinski definition) is 3. The predicted molar refractivity (Wildman–Crippen MR) is 73.6 cm³/mol. The summed E-state index contributed by atoms with van der Waals surface area (Å²) in [5.41, 5.74) is 3.61. The molecule has 0 spiro atoms. The molecule has 3 heteroatoms. The monoisotopic (exact) mass is 246 g/mol. The lowest BCUT2D eigenvalue weighted by Gasteiger charge is -2.14. The summed E-state index contributed by atoms with van der Waals surface area (Å²) in [6.45, 7) is 7.66. The molecule has 0 amide bonds. The quantitative estimate of drug-likeness (QED) is 0.839. The summed E-state index contributed by atoms with van der Waals surface area (Å²) < 4.78 is 5.41. The van der Waals surface area contributed by atoms with Gasteiger partial charge in [0.2, 0.25) is 0 Å². The van der Waals surface area contributed by atoms with Crippen molar-refractivity contribution in [2.45, 2.75) is 33.7 Å². The molecule has 0 aliphatic carbocycles. The molecule has 0 bridgehead atoms. The molecule has 1 N–H and O–H groups in total. The van der Waals surface area contributed by atoms with Crippen LogP contribution < -0.4 is 10.1 Å². The molecule has 0 aliphatic rings. The van der Waals surface area contributed by atoms with E-state index in [0.29, 0.717) is 0 Å². The largest absolute Gasteiger partial charge is 0.496 e. The Bertz CT molecular complexity index is 435. The fourth-order valence-electron chi connectivity index (χ4n) is 2.02. The minimum Gasteiger partial charge on any atom is -0.496 e. The van der Waals surface area contributed by atoms with E-state index in [9.17, 15) is 0 Å². The van der Waals surface area contributed by atoms with Gasteiger partial charge in [-0.15, -0.1) is 0 Å². The van der Waals surface area contributed by atoms with Gasteiger partial charge >= 0.3 is 0 Å². The first-order valence-electron chi connectivity index (χ1n) is 6.36. The Morgan fingerprint density at radius 3 is 2.67 bits per heavy atom. The average molecular weight is 246 g/mol. The second kappa shape index (κ2) is 7.03. The summed E-state index contributed by atoms with van der Waals surface area (Å²) in [5.74, 6) is 1.01. The van der Waals surface area contributed by atoms with Gasteiger partial charge in [-0.3, -0.25) is 0 Å². The zero-order valence-corrected chi connectivity index (χ0v) is 11.7. The Hall–Kier alpha value is -1.53. The SMILES string of the molecule is CCC(C#N)CNCc1c(C)cc(C)cc1OC. The Balaban J connectivity index is 2.70. The lowest BCUT2D eigenvalue weighted by Crippen LogP contribution is -2.22. The third-order valence-electron chi connectivity index (χ3n) is 3.16. The highest BCUT2D eigenvalue weighted by molar-refractivity contribution is 5.42. The van der Waals surface area contributed by atoms with Crippen LogP contribution in [-0.2, 0) is 6.54 Å². The van der Waals surface area contributed by atoms with Crippen molar-refractivity contribution in [3.63, 3.8) is 0 Å². The molecule has 1 atom stereocenters. The smallest absolute Gasteiger partial charge is 0.123 e. The maximum Gasteiger partial charge on any atom is 0.123 e. The standard InChI is InChI=1S/C15H22N2O/c1-5-13(8-16)9-17-10-14-12(3)6-11(2)7-15(14)18-4/h6-7,13,17H,5,9-10H2,1-4H3. The highest BCUT2D eigenvalue weighted by atomic mass is 16.5. The van der Waals surface area contributed by atoms with Gasteiger partial charge in [0.1, 0.15) is 5.75 Å². The first-order valence-corrected chi connectivity index (χ1v) is 6.36. The van der Waals surface area contributed by atoms with Crippen LogP contribution in [-0.4, -0.2) is 13.7 Å². The maximum absolute atomic E-state index is 8.90. The van der Waals surface area contributed by atoms with E-state index in [0.717, 1.165) is 25.3 Å². The van der Waals surface area contributed by atoms with E-state index in [1.54, 1.807) is 7.11 Å². The van der Waals surface area contributed by atoms with Crippen molar-refractivity contribution in [3.05, 3.63) is 28.8 Å². The number of nitriles is 1. The molecule has 0 radical (unpaired) electrons. The minimum absolute atomic E-state index is 0.0850. The lowest BCUT2D eigenvalue weighted by atomic mass is 10.0. The topological polar surface area (TPSA) is 45.0 Å². The van der Waals surface area contributed by atoms with Gasteiger partial charge < -0.3 is 10.1 Å². The zero-order chi connectivity index (χ0) is 13.5. The molecular formula is C15H22N2O. The van der Waals surface area contributed by atoms with Crippen LogP contribution in [0, 0.1) is 31.1 Å². The number of methoxy groups -OCH3 is 1. The highest BCUT2D eigenvalue weighted by Gasteiger charge is 2.09. The normalized spacial score (nSPS) is 11.9. The van der Waals surface area contributed by atoms with Crippen molar-refractivity contribution in [1.29, 1.82) is 5.26 Å². The molecule has 0 saturated carbocycles. The Labute approximate surface area is 110 Å². The first kappa shape index (κ1) is 14.5. The average Bonchev–Trinajstić information content (AvgIpc) is 2.36. The molecule has 1 aromatic carbocycles. The van der Waals surface area contributed by atoms with E-state index < -0.39 is 0 Å². The number of hydrogen-bond donors (Lipinski definition) is 1. The van der Waals surface area contributed by atoms with E-state index in [1.807, 2.05) is 13.0 Å². The summed E-state index contributed by atoms with van der Waals surface area (Å²) in [4.78, 5) is 0. The van der Waals surface area contributed by atoms with Crippen molar-refractivity contribution >= 4 is 0 Å². The van der Waals surface area contributed by atoms with Crippen molar-refractivity contribution in [2.75, 3.05) is 13.7 Å². The fourth-order valence-corrected chi connectivity index (χ4v) is 2.02. The van der Waals surface area contributed by atoms with Gasteiger partial charge in [0.25, 0.3) is 0 Å². The third kappa shape index (κ3) is 3.75. The molecule has 3 nitrogen and oxygen atoms in total. The van der Waals surface area contributed by atoms with Crippen LogP contribution in [0.4, 0.5) is 0 Å². The summed E-state index contributed by atoms with van der Waals surface area (Å²) >= 11 is 0. The molecule has 98 valence electrons. The number of nitrogens with zero attached hydrogens (tertiary/aromatic N) is 1. The van der Waals surface area contributed by atoms with Crippen LogP contribution in [0.5, 0.6) is 5.75 Å². The van der Waals surface area contributed by atoms with Crippen LogP contribution in [0.1, 0.15) is 30.0 Å². The number of benzene rings is 1. The van der Waals surface area contributed by atoms with Crippen molar-refractivity contribution in [1.82, 2.24) is 5.32 Å². The highest BCUT2D eigenvalue weighted by Crippen LogP contribution is 2.23. The zero-order valence-electron chi connectivity index (χ0n) is 11.7. The molecule has 0 heterocycles. The molecule has 18 heavy (non-hydrogen) atoms. The van der Waals surface area contributed by atoms with Crippen LogP contribution in [0.3, 0.4) is 0 Å². The maximum atomic E-state index is 8.90. The van der Waals surface area contributed by atoms with Gasteiger partial charge in [0, 0.05) is 18.7 Å². The van der Waals surface area contributed by atoms with Crippen LogP contribution in [0.15, 0.2) is 12.1 Å². The molecule has 0 saturated heterocycles. The van der Waals surface area contributed by atoms with Crippen molar-refractivity contribution in [3.8, 4) is 11.8 Å². The van der Waals surface area contributed by atoms with Gasteiger partial charge in [-0.2, -0.15) is 5.26 Å². The molecule has 1 unspecified atom stereocenters. The fraction of sp³-hybridized carbons (Fsp3) is 0.533. The van der Waals surface area contributed by atoms with Crippen LogP contribution in [0.2, 0.25) is 0 Å². The van der Waals surface area contributed by atoms with E-state index >= 15 is 0 Å². The van der Waals surface area contributed by atoms with Crippen molar-refractivity contribution in [2.24, 2.45) is 5.92 Å². The van der Waals surface area contributed by atoms with E-state index in [4.69, 9.17) is 10.00 Å². The molecule has 1 aromatic rings. The van der Waals surface area contributed by atoms with Gasteiger partial charge in [0.05, 0.1) is 19.1 Å². The van der Waals surface area contributed by atoms with Gasteiger partial charge in [0.15, 0.2) is 0 Å². The molecule has 0 aliphatic heterocycles. The molecule has 0 aromatic heterocycles. The Morgan fingerprint density at radius 1 is 1.39 bits per heavy atom. The van der Waals surface area contributed by atoms with Gasteiger partial charge in [-0.05, 0) is 37.5 Å². The number of rotatable bonds is 6. The lowest BCUT2D eigenvalue weighted by molar-refractivity contribution is 0.406. The number of aryl methyl sites for hydroxylation is 2. The van der Waals surface area contributed by atoms with E-state index in [1.165, 1.54) is 16.7 Å². The summed E-state index contributed by atoms with van der Waals surface area (Å²) in [6, 6.07) is 6.50. The Morgan fingerprint density at radius 2 is 2.11 bits per heavy atom. The Kier molecular flexibility index (Phi) is 5.67. The summed E-state index contributed by atoms with van der Waals surface area (Å²) in [5, 5.41) is 12.2. The minimum atomic E-state index is 0.0850. The van der Waals surface area contributed by atoms with E-state index in [-0.39, 0.29) is 5.92 Å². The van der Waals surface area contributed by atoms with Crippen LogP contribution in [0.25, 0.3) is 0 Å². The predicted octanol–water partition coefficient (Wildman–Crippen LogP) is 2.95. The third-order valence-corrected chi connectivity index (χ3v) is 3.16. The second-order valence-corrected chi connectivity index (χ2v) is 4.63. The van der Waals surface area contributed by atoms with Crippen molar-refractivity contribution < 1.29 is 4.74 Å². The first-order chi connectivity index (χ1) is 8.62. The molecular weight excluding hydrogens is 224 g/mol. The van der Waals surface area contributed by atoms with Gasteiger partial charge in [-0.1, -0.05) is 13.0 Å².